The molecule has 0 amide bonds. The Labute approximate surface area is 89.6 Å². The fraction of sp³-hybridized carbons (Fsp3) is 0.333. The van der Waals surface area contributed by atoms with Gasteiger partial charge in [-0.3, -0.25) is 0 Å². The van der Waals surface area contributed by atoms with Gasteiger partial charge in [0.25, 0.3) is 0 Å². The Morgan fingerprint density at radius 1 is 1.60 bits per heavy atom. The first-order chi connectivity index (χ1) is 7.00. The monoisotopic (exact) mass is 209 g/mol. The molecule has 1 aromatic carbocycles. The fourth-order valence-electron chi connectivity index (χ4n) is 1.12. The highest BCUT2D eigenvalue weighted by atomic mass is 19.1. The maximum absolute atomic E-state index is 13.5. The van der Waals surface area contributed by atoms with E-state index in [-0.39, 0.29) is 17.6 Å². The molecule has 0 saturated carbocycles. The molecule has 3 heteroatoms. The van der Waals surface area contributed by atoms with Gasteiger partial charge in [0.05, 0.1) is 0 Å². The van der Waals surface area contributed by atoms with E-state index in [1.54, 1.807) is 12.1 Å². The van der Waals surface area contributed by atoms with Crippen molar-refractivity contribution in [1.29, 1.82) is 0 Å². The molecule has 0 bridgehead atoms. The number of hydrogen-bond acceptors (Lipinski definition) is 2. The molecule has 0 aromatic heterocycles. The van der Waals surface area contributed by atoms with Crippen LogP contribution in [0.5, 0.6) is 5.75 Å². The van der Waals surface area contributed by atoms with E-state index in [1.165, 1.54) is 6.07 Å². The number of nitrogens with two attached hydrogens (primary N) is 1. The molecule has 0 radical (unpaired) electrons. The Bertz CT molecular complexity index is 361. The first kappa shape index (κ1) is 11.7. The summed E-state index contributed by atoms with van der Waals surface area (Å²) in [5.41, 5.74) is 7.25. The molecule has 2 nitrogen and oxygen atoms in total. The van der Waals surface area contributed by atoms with Crippen molar-refractivity contribution in [2.45, 2.75) is 19.9 Å². The summed E-state index contributed by atoms with van der Waals surface area (Å²) in [7, 11) is 0. The lowest BCUT2D eigenvalue weighted by Gasteiger charge is -2.10. The van der Waals surface area contributed by atoms with Crippen LogP contribution >= 0.6 is 0 Å². The highest BCUT2D eigenvalue weighted by Gasteiger charge is 2.06. The summed E-state index contributed by atoms with van der Waals surface area (Å²) in [4.78, 5) is 0. The van der Waals surface area contributed by atoms with E-state index in [9.17, 15) is 4.39 Å². The summed E-state index contributed by atoms with van der Waals surface area (Å²) in [6, 6.07) is 4.59. The van der Waals surface area contributed by atoms with Gasteiger partial charge < -0.3 is 10.5 Å². The van der Waals surface area contributed by atoms with Crippen molar-refractivity contribution in [3.63, 3.8) is 0 Å². The van der Waals surface area contributed by atoms with Gasteiger partial charge in [-0.25, -0.2) is 4.39 Å². The Hall–Kier alpha value is -1.35. The second-order valence-corrected chi connectivity index (χ2v) is 3.72. The molecule has 0 fully saturated rings. The molecule has 2 N–H and O–H groups in total. The summed E-state index contributed by atoms with van der Waals surface area (Å²) in [6.45, 7) is 7.64. The molecule has 0 aliphatic heterocycles. The predicted octanol–water partition coefficient (Wildman–Crippen LogP) is 2.80. The number of rotatable bonds is 4. The molecule has 0 unspecified atom stereocenters. The first-order valence-electron chi connectivity index (χ1n) is 4.83. The van der Waals surface area contributed by atoms with E-state index in [2.05, 4.69) is 6.58 Å². The van der Waals surface area contributed by atoms with Gasteiger partial charge in [0.15, 0.2) is 11.6 Å². The van der Waals surface area contributed by atoms with Crippen LogP contribution in [0, 0.1) is 5.82 Å². The molecule has 0 saturated heterocycles. The quantitative estimate of drug-likeness (QED) is 0.774. The SMILES string of the molecule is C=C(C)COc1ccc([C@@H](C)N)cc1F. The van der Waals surface area contributed by atoms with Gasteiger partial charge >= 0.3 is 0 Å². The second-order valence-electron chi connectivity index (χ2n) is 3.72. The maximum atomic E-state index is 13.5. The zero-order valence-electron chi connectivity index (χ0n) is 9.09. The minimum Gasteiger partial charge on any atom is -0.486 e. The average molecular weight is 209 g/mol. The van der Waals surface area contributed by atoms with Crippen molar-refractivity contribution in [2.24, 2.45) is 5.73 Å². The molecule has 82 valence electrons. The molecule has 0 spiro atoms. The van der Waals surface area contributed by atoms with Crippen molar-refractivity contribution >= 4 is 0 Å². The minimum absolute atomic E-state index is 0.172. The standard InChI is InChI=1S/C12H16FNO/c1-8(2)7-15-12-5-4-10(9(3)14)6-11(12)13/h4-6,9H,1,7,14H2,2-3H3/t9-/m1/s1. The normalized spacial score (nSPS) is 12.3. The summed E-state index contributed by atoms with van der Waals surface area (Å²) in [6.07, 6.45) is 0. The summed E-state index contributed by atoms with van der Waals surface area (Å²) in [5, 5.41) is 0. The molecule has 0 aliphatic carbocycles. The van der Waals surface area contributed by atoms with Gasteiger partial charge in [0, 0.05) is 6.04 Å². The largest absolute Gasteiger partial charge is 0.486 e. The number of ether oxygens (including phenoxy) is 1. The molecular formula is C12H16FNO. The predicted molar refractivity (Wildman–Crippen MR) is 59.3 cm³/mol. The Kier molecular flexibility index (Phi) is 3.86. The van der Waals surface area contributed by atoms with Crippen LogP contribution in [0.1, 0.15) is 25.5 Å². The van der Waals surface area contributed by atoms with Crippen LogP contribution in [-0.4, -0.2) is 6.61 Å². The molecule has 15 heavy (non-hydrogen) atoms. The van der Waals surface area contributed by atoms with Crippen LogP contribution in [0.25, 0.3) is 0 Å². The van der Waals surface area contributed by atoms with Crippen LogP contribution < -0.4 is 10.5 Å². The topological polar surface area (TPSA) is 35.2 Å². The zero-order valence-corrected chi connectivity index (χ0v) is 9.09. The lowest BCUT2D eigenvalue weighted by Crippen LogP contribution is -2.06. The van der Waals surface area contributed by atoms with Crippen LogP contribution in [0.2, 0.25) is 0 Å². The van der Waals surface area contributed by atoms with E-state index in [1.807, 2.05) is 13.8 Å². The van der Waals surface area contributed by atoms with Gasteiger partial charge in [-0.2, -0.15) is 0 Å². The fourth-order valence-corrected chi connectivity index (χ4v) is 1.12. The molecule has 1 rings (SSSR count). The van der Waals surface area contributed by atoms with Crippen molar-refractivity contribution in [2.75, 3.05) is 6.61 Å². The first-order valence-corrected chi connectivity index (χ1v) is 4.83. The molecule has 0 heterocycles. The van der Waals surface area contributed by atoms with Gasteiger partial charge in [0.1, 0.15) is 6.61 Å². The lowest BCUT2D eigenvalue weighted by atomic mass is 10.1. The van der Waals surface area contributed by atoms with Gasteiger partial charge in [-0.15, -0.1) is 0 Å². The van der Waals surface area contributed by atoms with Gasteiger partial charge in [-0.1, -0.05) is 12.6 Å². The number of hydrogen-bond donors (Lipinski definition) is 1. The summed E-state index contributed by atoms with van der Waals surface area (Å²) >= 11 is 0. The van der Waals surface area contributed by atoms with E-state index in [0.717, 1.165) is 11.1 Å². The average Bonchev–Trinajstić information content (AvgIpc) is 2.15. The lowest BCUT2D eigenvalue weighted by molar-refractivity contribution is 0.332. The summed E-state index contributed by atoms with van der Waals surface area (Å²) in [5.74, 6) is -0.145. The van der Waals surface area contributed by atoms with E-state index in [4.69, 9.17) is 10.5 Å². The molecule has 1 atom stereocenters. The van der Waals surface area contributed by atoms with Gasteiger partial charge in [-0.05, 0) is 37.1 Å². The minimum atomic E-state index is -0.383. The maximum Gasteiger partial charge on any atom is 0.165 e. The Morgan fingerprint density at radius 3 is 2.73 bits per heavy atom. The van der Waals surface area contributed by atoms with Crippen molar-refractivity contribution in [1.82, 2.24) is 0 Å². The van der Waals surface area contributed by atoms with E-state index in [0.29, 0.717) is 6.61 Å². The Balaban J connectivity index is 2.79. The molecule has 0 aliphatic rings. The van der Waals surface area contributed by atoms with Crippen LogP contribution in [-0.2, 0) is 0 Å². The van der Waals surface area contributed by atoms with Crippen LogP contribution in [0.15, 0.2) is 30.4 Å². The van der Waals surface area contributed by atoms with Crippen molar-refractivity contribution < 1.29 is 9.13 Å². The highest BCUT2D eigenvalue weighted by Crippen LogP contribution is 2.21. The zero-order chi connectivity index (χ0) is 11.4. The third-order valence-corrected chi connectivity index (χ3v) is 1.96. The van der Waals surface area contributed by atoms with Crippen LogP contribution in [0.4, 0.5) is 4.39 Å². The molecular weight excluding hydrogens is 193 g/mol. The van der Waals surface area contributed by atoms with E-state index >= 15 is 0 Å². The Morgan fingerprint density at radius 2 is 2.27 bits per heavy atom. The third-order valence-electron chi connectivity index (χ3n) is 1.96. The second kappa shape index (κ2) is 4.94. The third kappa shape index (κ3) is 3.36. The highest BCUT2D eigenvalue weighted by molar-refractivity contribution is 5.30. The van der Waals surface area contributed by atoms with Crippen LogP contribution in [0.3, 0.4) is 0 Å². The van der Waals surface area contributed by atoms with Crippen molar-refractivity contribution in [3.05, 3.63) is 41.7 Å². The van der Waals surface area contributed by atoms with E-state index < -0.39 is 0 Å². The summed E-state index contributed by atoms with van der Waals surface area (Å²) < 4.78 is 18.7. The number of halogens is 1. The smallest absolute Gasteiger partial charge is 0.165 e. The van der Waals surface area contributed by atoms with Crippen molar-refractivity contribution in [3.8, 4) is 5.75 Å². The molecule has 1 aromatic rings. The number of benzene rings is 1. The van der Waals surface area contributed by atoms with Gasteiger partial charge in [0.2, 0.25) is 0 Å².